The number of hydrogen-bond donors (Lipinski definition) is 0. The average molecular weight is 204 g/mol. The molecule has 0 aliphatic heterocycles. The summed E-state index contributed by atoms with van der Waals surface area (Å²) in [5.41, 5.74) is 0.531. The van der Waals surface area contributed by atoms with Crippen molar-refractivity contribution in [2.75, 3.05) is 24.0 Å². The van der Waals surface area contributed by atoms with Crippen LogP contribution >= 0.6 is 10.0 Å². The zero-order valence-electron chi connectivity index (χ0n) is 10.6. The Bertz CT molecular complexity index is 147. The molecule has 0 aromatic heterocycles. The van der Waals surface area contributed by atoms with Crippen LogP contribution in [0.4, 0.5) is 0 Å². The molecule has 0 aromatic rings. The van der Waals surface area contributed by atoms with E-state index in [1.807, 2.05) is 0 Å². The van der Waals surface area contributed by atoms with Gasteiger partial charge in [0.2, 0.25) is 0 Å². The monoisotopic (exact) mass is 204 g/mol. The molecule has 0 heterocycles. The van der Waals surface area contributed by atoms with Gasteiger partial charge in [0.05, 0.1) is 0 Å². The van der Waals surface area contributed by atoms with Crippen molar-refractivity contribution in [1.29, 1.82) is 0 Å². The molecule has 0 N–H and O–H groups in total. The molecule has 0 rings (SSSR count). The molecule has 0 saturated carbocycles. The van der Waals surface area contributed by atoms with Crippen LogP contribution in [0.3, 0.4) is 0 Å². The lowest BCUT2D eigenvalue weighted by atomic mass is 9.80. The summed E-state index contributed by atoms with van der Waals surface area (Å²) in [6.07, 6.45) is 6.25. The molecule has 0 aliphatic rings. The van der Waals surface area contributed by atoms with Gasteiger partial charge in [0.25, 0.3) is 0 Å². The first kappa shape index (κ1) is 13.4. The Kier molecular flexibility index (Phi) is 4.85. The van der Waals surface area contributed by atoms with E-state index in [1.165, 1.54) is 17.9 Å². The van der Waals surface area contributed by atoms with Crippen LogP contribution in [-0.2, 0) is 0 Å². The Hall–Kier alpha value is 0.350. The Balaban J connectivity index is 4.32. The van der Waals surface area contributed by atoms with Crippen molar-refractivity contribution in [3.05, 3.63) is 0 Å². The molecule has 13 heavy (non-hydrogen) atoms. The number of hydrogen-bond acceptors (Lipinski definition) is 0. The quantitative estimate of drug-likeness (QED) is 0.631. The largest absolute Gasteiger partial charge is 0.246 e. The minimum absolute atomic E-state index is 0.332. The van der Waals surface area contributed by atoms with E-state index in [0.29, 0.717) is 5.41 Å². The van der Waals surface area contributed by atoms with Gasteiger partial charge in [0, 0.05) is 0 Å². The van der Waals surface area contributed by atoms with Gasteiger partial charge in [-0.2, -0.15) is 0 Å². The highest BCUT2D eigenvalue weighted by atomic mass is 32.3. The molecule has 0 aliphatic carbocycles. The van der Waals surface area contributed by atoms with Gasteiger partial charge in [0.15, 0.2) is 0 Å². The molecule has 0 nitrogen and oxygen atoms in total. The summed E-state index contributed by atoms with van der Waals surface area (Å²) in [6, 6.07) is 0. The second-order valence-electron chi connectivity index (χ2n) is 5.50. The SMILES string of the molecule is CCC(C)C(C)(C)CS(C)(C)CC. The molecule has 82 valence electrons. The van der Waals surface area contributed by atoms with E-state index in [9.17, 15) is 0 Å². The lowest BCUT2D eigenvalue weighted by molar-refractivity contribution is 0.260. The second kappa shape index (κ2) is 4.72. The molecule has 1 atom stereocenters. The zero-order chi connectivity index (χ0) is 10.7. The first-order valence-electron chi connectivity index (χ1n) is 5.44. The molecule has 1 unspecified atom stereocenters. The lowest BCUT2D eigenvalue weighted by Crippen LogP contribution is -2.28. The normalized spacial score (nSPS) is 17.2. The standard InChI is InChI=1S/C12H28S/c1-8-11(3)12(4,5)10-13(6,7)9-2/h11H,8-10H2,1-7H3. The summed E-state index contributed by atoms with van der Waals surface area (Å²) in [7, 11) is -0.332. The summed E-state index contributed by atoms with van der Waals surface area (Å²) >= 11 is 0. The fraction of sp³-hybridized carbons (Fsp3) is 1.00. The Morgan fingerprint density at radius 1 is 1.15 bits per heavy atom. The molecule has 0 bridgehead atoms. The highest BCUT2D eigenvalue weighted by Crippen LogP contribution is 2.47. The van der Waals surface area contributed by atoms with Crippen LogP contribution in [0.1, 0.15) is 41.0 Å². The predicted molar refractivity (Wildman–Crippen MR) is 68.1 cm³/mol. The van der Waals surface area contributed by atoms with Gasteiger partial charge in [-0.15, -0.1) is 0 Å². The van der Waals surface area contributed by atoms with E-state index in [-0.39, 0.29) is 10.0 Å². The maximum Gasteiger partial charge on any atom is -0.0179 e. The third-order valence-corrected chi connectivity index (χ3v) is 6.58. The van der Waals surface area contributed by atoms with Crippen molar-refractivity contribution in [3.8, 4) is 0 Å². The maximum atomic E-state index is 2.47. The summed E-state index contributed by atoms with van der Waals surface area (Å²) in [5, 5.41) is 0. The van der Waals surface area contributed by atoms with E-state index < -0.39 is 0 Å². The van der Waals surface area contributed by atoms with Crippen molar-refractivity contribution in [2.24, 2.45) is 11.3 Å². The van der Waals surface area contributed by atoms with Gasteiger partial charge >= 0.3 is 0 Å². The van der Waals surface area contributed by atoms with E-state index in [2.05, 4.69) is 47.1 Å². The smallest absolute Gasteiger partial charge is 0.0179 e. The van der Waals surface area contributed by atoms with Gasteiger partial charge < -0.3 is 0 Å². The van der Waals surface area contributed by atoms with Gasteiger partial charge in [-0.3, -0.25) is 0 Å². The Morgan fingerprint density at radius 2 is 1.62 bits per heavy atom. The van der Waals surface area contributed by atoms with E-state index in [1.54, 1.807) is 0 Å². The summed E-state index contributed by atoms with van der Waals surface area (Å²) < 4.78 is 0. The minimum atomic E-state index is -0.332. The molecular formula is C12H28S. The first-order chi connectivity index (χ1) is 5.75. The van der Waals surface area contributed by atoms with Gasteiger partial charge in [0.1, 0.15) is 0 Å². The van der Waals surface area contributed by atoms with Crippen LogP contribution in [-0.4, -0.2) is 24.0 Å². The molecule has 1 heteroatoms. The third-order valence-electron chi connectivity index (χ3n) is 3.49. The van der Waals surface area contributed by atoms with Crippen molar-refractivity contribution in [2.45, 2.75) is 41.0 Å². The summed E-state index contributed by atoms with van der Waals surface area (Å²) in [6.45, 7) is 11.9. The van der Waals surface area contributed by atoms with Gasteiger partial charge in [-0.05, 0) is 35.4 Å². The fourth-order valence-electron chi connectivity index (χ4n) is 1.80. The van der Waals surface area contributed by atoms with Gasteiger partial charge in [-0.25, -0.2) is 10.0 Å². The van der Waals surface area contributed by atoms with Gasteiger partial charge in [-0.1, -0.05) is 41.0 Å². The molecular weight excluding hydrogens is 176 g/mol. The van der Waals surface area contributed by atoms with Crippen molar-refractivity contribution in [3.63, 3.8) is 0 Å². The van der Waals surface area contributed by atoms with Crippen molar-refractivity contribution >= 4 is 10.0 Å². The topological polar surface area (TPSA) is 0 Å². The van der Waals surface area contributed by atoms with Crippen molar-refractivity contribution < 1.29 is 0 Å². The highest BCUT2D eigenvalue weighted by Gasteiger charge is 2.28. The maximum absolute atomic E-state index is 2.47. The van der Waals surface area contributed by atoms with Crippen LogP contribution in [0.5, 0.6) is 0 Å². The highest BCUT2D eigenvalue weighted by molar-refractivity contribution is 8.32. The molecule has 0 radical (unpaired) electrons. The fourth-order valence-corrected chi connectivity index (χ4v) is 4.31. The molecule has 0 saturated heterocycles. The molecule has 0 fully saturated rings. The van der Waals surface area contributed by atoms with Crippen LogP contribution in [0.2, 0.25) is 0 Å². The van der Waals surface area contributed by atoms with E-state index in [4.69, 9.17) is 0 Å². The first-order valence-corrected chi connectivity index (χ1v) is 8.22. The zero-order valence-corrected chi connectivity index (χ0v) is 11.4. The lowest BCUT2D eigenvalue weighted by Gasteiger charge is -2.41. The third kappa shape index (κ3) is 4.39. The average Bonchev–Trinajstić information content (AvgIpc) is 2.01. The molecule has 0 aromatic carbocycles. The second-order valence-corrected chi connectivity index (χ2v) is 9.90. The van der Waals surface area contributed by atoms with Crippen LogP contribution < -0.4 is 0 Å². The summed E-state index contributed by atoms with van der Waals surface area (Å²) in [4.78, 5) is 0. The van der Waals surface area contributed by atoms with Crippen LogP contribution in [0, 0.1) is 11.3 Å². The molecule has 0 amide bonds. The molecule has 0 spiro atoms. The summed E-state index contributed by atoms with van der Waals surface area (Å²) in [5.74, 6) is 3.64. The number of rotatable bonds is 5. The van der Waals surface area contributed by atoms with E-state index >= 15 is 0 Å². The minimum Gasteiger partial charge on any atom is -0.246 e. The Labute approximate surface area is 86.8 Å². The van der Waals surface area contributed by atoms with E-state index in [0.717, 1.165) is 5.92 Å². The Morgan fingerprint density at radius 3 is 1.92 bits per heavy atom. The van der Waals surface area contributed by atoms with Crippen LogP contribution in [0.15, 0.2) is 0 Å². The van der Waals surface area contributed by atoms with Crippen LogP contribution in [0.25, 0.3) is 0 Å². The predicted octanol–water partition coefficient (Wildman–Crippen LogP) is 4.14. The van der Waals surface area contributed by atoms with Crippen molar-refractivity contribution in [1.82, 2.24) is 0 Å².